The SMILES string of the molecule is COC(=O)C=C1CCC2[C@@H](C(=O)CC3[C@]2(C)CCC[C@@]3(C)C(=O)OC)C1C. The minimum atomic E-state index is -0.590. The van der Waals surface area contributed by atoms with Crippen molar-refractivity contribution >= 4 is 17.7 Å². The van der Waals surface area contributed by atoms with Gasteiger partial charge in [0.1, 0.15) is 5.78 Å². The zero-order valence-corrected chi connectivity index (χ0v) is 17.2. The lowest BCUT2D eigenvalue weighted by atomic mass is 9.43. The van der Waals surface area contributed by atoms with E-state index >= 15 is 0 Å². The normalized spacial score (nSPS) is 42.9. The molecule has 3 aliphatic carbocycles. The van der Waals surface area contributed by atoms with Gasteiger partial charge in [0.2, 0.25) is 0 Å². The average molecular weight is 376 g/mol. The van der Waals surface area contributed by atoms with Crippen molar-refractivity contribution in [1.29, 1.82) is 0 Å². The molecule has 5 heteroatoms. The Balaban J connectivity index is 1.96. The van der Waals surface area contributed by atoms with E-state index in [1.165, 1.54) is 14.2 Å². The number of Topliss-reactive ketones (excluding diaryl/α,β-unsaturated/α-hetero) is 1. The van der Waals surface area contributed by atoms with Crippen LogP contribution in [0.3, 0.4) is 0 Å². The molecule has 27 heavy (non-hydrogen) atoms. The smallest absolute Gasteiger partial charge is 0.330 e. The molecule has 0 N–H and O–H groups in total. The first kappa shape index (κ1) is 20.1. The molecule has 3 aliphatic rings. The maximum Gasteiger partial charge on any atom is 0.330 e. The van der Waals surface area contributed by atoms with E-state index in [-0.39, 0.29) is 46.8 Å². The Hall–Kier alpha value is -1.65. The van der Waals surface area contributed by atoms with Crippen LogP contribution >= 0.6 is 0 Å². The lowest BCUT2D eigenvalue weighted by Crippen LogP contribution is -2.59. The molecule has 0 radical (unpaired) electrons. The van der Waals surface area contributed by atoms with E-state index in [9.17, 15) is 14.4 Å². The molecule has 3 unspecified atom stereocenters. The zero-order valence-electron chi connectivity index (χ0n) is 17.2. The van der Waals surface area contributed by atoms with Crippen LogP contribution < -0.4 is 0 Å². The van der Waals surface area contributed by atoms with Crippen LogP contribution in [0.4, 0.5) is 0 Å². The second-order valence-corrected chi connectivity index (χ2v) is 9.19. The summed E-state index contributed by atoms with van der Waals surface area (Å²) >= 11 is 0. The van der Waals surface area contributed by atoms with Crippen LogP contribution in [-0.4, -0.2) is 31.9 Å². The highest BCUT2D eigenvalue weighted by atomic mass is 16.5. The first-order valence-electron chi connectivity index (χ1n) is 10.1. The number of hydrogen-bond acceptors (Lipinski definition) is 5. The van der Waals surface area contributed by atoms with Crippen LogP contribution in [0.25, 0.3) is 0 Å². The minimum Gasteiger partial charge on any atom is -0.469 e. The van der Waals surface area contributed by atoms with Gasteiger partial charge in [-0.1, -0.05) is 25.8 Å². The van der Waals surface area contributed by atoms with E-state index in [0.717, 1.165) is 37.7 Å². The predicted octanol–water partition coefficient (Wildman–Crippen LogP) is 3.71. The highest BCUT2D eigenvalue weighted by molar-refractivity contribution is 5.87. The average Bonchev–Trinajstić information content (AvgIpc) is 2.64. The van der Waals surface area contributed by atoms with Gasteiger partial charge in [-0.3, -0.25) is 9.59 Å². The van der Waals surface area contributed by atoms with Gasteiger partial charge in [0.25, 0.3) is 0 Å². The third-order valence-corrected chi connectivity index (χ3v) is 8.06. The summed E-state index contributed by atoms with van der Waals surface area (Å²) in [5, 5.41) is 0. The molecule has 0 aliphatic heterocycles. The minimum absolute atomic E-state index is 0.0262. The Labute approximate surface area is 161 Å². The quantitative estimate of drug-likeness (QED) is 0.543. The summed E-state index contributed by atoms with van der Waals surface area (Å²) in [5.74, 6) is -0.0488. The number of rotatable bonds is 2. The van der Waals surface area contributed by atoms with Crippen LogP contribution in [-0.2, 0) is 23.9 Å². The number of esters is 2. The van der Waals surface area contributed by atoms with Crippen LogP contribution in [0.15, 0.2) is 11.6 Å². The maximum absolute atomic E-state index is 13.2. The molecule has 0 aromatic heterocycles. The van der Waals surface area contributed by atoms with E-state index in [1.54, 1.807) is 6.08 Å². The first-order chi connectivity index (χ1) is 12.7. The molecule has 3 rings (SSSR count). The van der Waals surface area contributed by atoms with Gasteiger partial charge in [-0.2, -0.15) is 0 Å². The third-order valence-electron chi connectivity index (χ3n) is 8.06. The summed E-state index contributed by atoms with van der Waals surface area (Å²) in [7, 11) is 2.82. The van der Waals surface area contributed by atoms with E-state index in [2.05, 4.69) is 13.8 Å². The van der Waals surface area contributed by atoms with Crippen molar-refractivity contribution in [3.05, 3.63) is 11.6 Å². The molecule has 5 nitrogen and oxygen atoms in total. The Morgan fingerprint density at radius 1 is 1.15 bits per heavy atom. The predicted molar refractivity (Wildman–Crippen MR) is 101 cm³/mol. The van der Waals surface area contributed by atoms with Gasteiger partial charge in [0, 0.05) is 18.4 Å². The standard InChI is InChI=1S/C22H32O5/c1-13-14(11-18(24)26-4)7-8-15-19(13)16(23)12-17-21(15,2)9-6-10-22(17,3)20(25)27-5/h11,13,15,17,19H,6-10,12H2,1-5H3/t13?,15?,17?,19-,21+,22+/m0/s1. The van der Waals surface area contributed by atoms with Gasteiger partial charge >= 0.3 is 11.9 Å². The third kappa shape index (κ3) is 3.03. The molecule has 0 spiro atoms. The molecular weight excluding hydrogens is 344 g/mol. The summed E-state index contributed by atoms with van der Waals surface area (Å²) in [6.07, 6.45) is 6.50. The fraction of sp³-hybridized carbons (Fsp3) is 0.773. The molecule has 0 bridgehead atoms. The Morgan fingerprint density at radius 2 is 1.85 bits per heavy atom. The Bertz CT molecular complexity index is 680. The topological polar surface area (TPSA) is 69.7 Å². The van der Waals surface area contributed by atoms with E-state index in [4.69, 9.17) is 9.47 Å². The van der Waals surface area contributed by atoms with Crippen molar-refractivity contribution in [3.63, 3.8) is 0 Å². The fourth-order valence-electron chi connectivity index (χ4n) is 6.60. The van der Waals surface area contributed by atoms with Gasteiger partial charge in [-0.15, -0.1) is 0 Å². The second-order valence-electron chi connectivity index (χ2n) is 9.19. The van der Waals surface area contributed by atoms with Crippen molar-refractivity contribution in [2.24, 2.45) is 34.5 Å². The first-order valence-corrected chi connectivity index (χ1v) is 10.1. The van der Waals surface area contributed by atoms with Gasteiger partial charge in [0.15, 0.2) is 0 Å². The Morgan fingerprint density at radius 3 is 2.48 bits per heavy atom. The lowest BCUT2D eigenvalue weighted by Gasteiger charge is -2.60. The molecule has 0 aromatic carbocycles. The fourth-order valence-corrected chi connectivity index (χ4v) is 6.60. The Kier molecular flexibility index (Phi) is 5.26. The molecule has 6 atom stereocenters. The van der Waals surface area contributed by atoms with Crippen LogP contribution in [0.2, 0.25) is 0 Å². The lowest BCUT2D eigenvalue weighted by molar-refractivity contribution is -0.178. The summed E-state index contributed by atoms with van der Waals surface area (Å²) < 4.78 is 9.93. The highest BCUT2D eigenvalue weighted by Crippen LogP contribution is 2.64. The van der Waals surface area contributed by atoms with Crippen LogP contribution in [0, 0.1) is 34.5 Å². The maximum atomic E-state index is 13.2. The number of ether oxygens (including phenoxy) is 2. The molecule has 0 heterocycles. The van der Waals surface area contributed by atoms with Crippen LogP contribution in [0.1, 0.15) is 59.3 Å². The monoisotopic (exact) mass is 376 g/mol. The highest BCUT2D eigenvalue weighted by Gasteiger charge is 2.62. The molecule has 3 fully saturated rings. The van der Waals surface area contributed by atoms with Crippen molar-refractivity contribution in [2.45, 2.75) is 59.3 Å². The molecule has 0 aromatic rings. The van der Waals surface area contributed by atoms with Crippen molar-refractivity contribution < 1.29 is 23.9 Å². The van der Waals surface area contributed by atoms with Crippen molar-refractivity contribution in [1.82, 2.24) is 0 Å². The number of carbonyl (C=O) groups is 3. The summed E-state index contributed by atoms with van der Waals surface area (Å²) in [5.41, 5.74) is 0.378. The van der Waals surface area contributed by atoms with Gasteiger partial charge in [0.05, 0.1) is 19.6 Å². The molecule has 150 valence electrons. The largest absolute Gasteiger partial charge is 0.469 e. The zero-order chi connectivity index (χ0) is 20.0. The van der Waals surface area contributed by atoms with Gasteiger partial charge in [-0.25, -0.2) is 4.79 Å². The van der Waals surface area contributed by atoms with Gasteiger partial charge in [-0.05, 0) is 55.8 Å². The molecular formula is C22H32O5. The summed E-state index contributed by atoms with van der Waals surface area (Å²) in [6.45, 7) is 6.34. The van der Waals surface area contributed by atoms with Crippen molar-refractivity contribution in [3.8, 4) is 0 Å². The molecule has 0 saturated heterocycles. The number of fused-ring (bicyclic) bond motifs is 3. The molecule has 3 saturated carbocycles. The van der Waals surface area contributed by atoms with E-state index in [0.29, 0.717) is 6.42 Å². The van der Waals surface area contributed by atoms with Crippen molar-refractivity contribution in [2.75, 3.05) is 14.2 Å². The van der Waals surface area contributed by atoms with Gasteiger partial charge < -0.3 is 9.47 Å². The number of carbonyl (C=O) groups excluding carboxylic acids is 3. The summed E-state index contributed by atoms with van der Waals surface area (Å²) in [4.78, 5) is 37.6. The van der Waals surface area contributed by atoms with E-state index < -0.39 is 5.41 Å². The molecule has 0 amide bonds. The second kappa shape index (κ2) is 7.06. The van der Waals surface area contributed by atoms with E-state index in [1.807, 2.05) is 6.92 Å². The number of methoxy groups -OCH3 is 2. The number of allylic oxidation sites excluding steroid dienone is 1. The number of hydrogen-bond donors (Lipinski definition) is 0. The summed E-state index contributed by atoms with van der Waals surface area (Å²) in [6, 6.07) is 0. The van der Waals surface area contributed by atoms with Crippen LogP contribution in [0.5, 0.6) is 0 Å². The number of ketones is 1.